The van der Waals surface area contributed by atoms with Crippen molar-refractivity contribution >= 4 is 11.6 Å². The zero-order valence-corrected chi connectivity index (χ0v) is 11.8. The van der Waals surface area contributed by atoms with Crippen molar-refractivity contribution in [3.63, 3.8) is 0 Å². The molecule has 17 heavy (non-hydrogen) atoms. The average Bonchev–Trinajstić information content (AvgIpc) is 2.96. The lowest BCUT2D eigenvalue weighted by atomic mass is 9.98. The summed E-state index contributed by atoms with van der Waals surface area (Å²) in [5, 5.41) is 0. The van der Waals surface area contributed by atoms with Crippen molar-refractivity contribution in [2.24, 2.45) is 0 Å². The van der Waals surface area contributed by atoms with Gasteiger partial charge in [0, 0.05) is 12.4 Å². The van der Waals surface area contributed by atoms with Crippen LogP contribution in [0.1, 0.15) is 51.9 Å². The highest BCUT2D eigenvalue weighted by atomic mass is 35.5. The van der Waals surface area contributed by atoms with Crippen LogP contribution in [0.4, 0.5) is 0 Å². The third-order valence-corrected chi connectivity index (χ3v) is 4.64. The summed E-state index contributed by atoms with van der Waals surface area (Å²) in [5.41, 5.74) is 0.288. The van der Waals surface area contributed by atoms with Gasteiger partial charge in [0.05, 0.1) is 11.7 Å². The van der Waals surface area contributed by atoms with E-state index >= 15 is 0 Å². The van der Waals surface area contributed by atoms with Gasteiger partial charge in [-0.05, 0) is 45.2 Å². The molecule has 0 radical (unpaired) electrons. The quantitative estimate of drug-likeness (QED) is 0.678. The Hall–Kier alpha value is 0.210. The number of likely N-dealkylation sites (N-methyl/N-ethyl adjacent to an activating group) is 1. The van der Waals surface area contributed by atoms with E-state index in [0.29, 0.717) is 6.10 Å². The average molecular weight is 260 g/mol. The predicted molar refractivity (Wildman–Crippen MR) is 72.8 cm³/mol. The van der Waals surface area contributed by atoms with E-state index in [0.717, 1.165) is 31.9 Å². The lowest BCUT2D eigenvalue weighted by molar-refractivity contribution is -0.0468. The fraction of sp³-hybridized carbons (Fsp3) is 1.00. The summed E-state index contributed by atoms with van der Waals surface area (Å²) < 4.78 is 6.35. The summed E-state index contributed by atoms with van der Waals surface area (Å²) in [4.78, 5) is 2.49. The Bertz CT molecular complexity index is 228. The monoisotopic (exact) mass is 259 g/mol. The number of hydrogen-bond donors (Lipinski definition) is 0. The molecule has 2 rings (SSSR count). The zero-order valence-electron chi connectivity index (χ0n) is 11.1. The van der Waals surface area contributed by atoms with E-state index in [9.17, 15) is 0 Å². The van der Waals surface area contributed by atoms with Gasteiger partial charge < -0.3 is 9.64 Å². The van der Waals surface area contributed by atoms with Crippen molar-refractivity contribution in [2.75, 3.05) is 25.5 Å². The van der Waals surface area contributed by atoms with Crippen LogP contribution < -0.4 is 0 Å². The van der Waals surface area contributed by atoms with Crippen molar-refractivity contribution in [2.45, 2.75) is 63.6 Å². The number of ether oxygens (including phenoxy) is 1. The van der Waals surface area contributed by atoms with Crippen molar-refractivity contribution < 1.29 is 4.74 Å². The van der Waals surface area contributed by atoms with Gasteiger partial charge in [0.2, 0.25) is 0 Å². The fourth-order valence-corrected chi connectivity index (χ4v) is 3.48. The van der Waals surface area contributed by atoms with E-state index in [1.165, 1.54) is 38.5 Å². The first-order valence-corrected chi connectivity index (χ1v) is 7.77. The highest BCUT2D eigenvalue weighted by molar-refractivity contribution is 6.17. The number of rotatable bonds is 6. The minimum atomic E-state index is 0.288. The van der Waals surface area contributed by atoms with Gasteiger partial charge in [-0.2, -0.15) is 0 Å². The Labute approximate surface area is 111 Å². The molecule has 1 aliphatic carbocycles. The molecule has 100 valence electrons. The minimum Gasteiger partial charge on any atom is -0.370 e. The summed E-state index contributed by atoms with van der Waals surface area (Å²) in [6.45, 7) is 5.57. The Morgan fingerprint density at radius 1 is 1.29 bits per heavy atom. The van der Waals surface area contributed by atoms with Gasteiger partial charge >= 0.3 is 0 Å². The second-order valence-electron chi connectivity index (χ2n) is 5.60. The van der Waals surface area contributed by atoms with E-state index in [-0.39, 0.29) is 5.60 Å². The van der Waals surface area contributed by atoms with Crippen LogP contribution in [0.5, 0.6) is 0 Å². The summed E-state index contributed by atoms with van der Waals surface area (Å²) in [6, 6.07) is 0. The van der Waals surface area contributed by atoms with Crippen LogP contribution in [0.2, 0.25) is 0 Å². The minimum absolute atomic E-state index is 0.288. The number of halogens is 1. The molecule has 1 saturated carbocycles. The molecule has 0 N–H and O–H groups in total. The van der Waals surface area contributed by atoms with Crippen molar-refractivity contribution in [1.29, 1.82) is 0 Å². The van der Waals surface area contributed by atoms with Crippen LogP contribution in [-0.2, 0) is 4.74 Å². The molecule has 1 atom stereocenters. The molecule has 1 heterocycles. The van der Waals surface area contributed by atoms with Gasteiger partial charge in [0.15, 0.2) is 0 Å². The zero-order chi connectivity index (χ0) is 12.1. The Morgan fingerprint density at radius 3 is 2.71 bits per heavy atom. The van der Waals surface area contributed by atoms with Crippen molar-refractivity contribution in [3.8, 4) is 0 Å². The van der Waals surface area contributed by atoms with Crippen LogP contribution in [-0.4, -0.2) is 42.1 Å². The van der Waals surface area contributed by atoms with Gasteiger partial charge in [-0.15, -0.1) is 11.6 Å². The molecule has 1 spiro atoms. The molecule has 1 unspecified atom stereocenters. The molecule has 0 aromatic heterocycles. The van der Waals surface area contributed by atoms with Crippen molar-refractivity contribution in [1.82, 2.24) is 4.90 Å². The van der Waals surface area contributed by atoms with Gasteiger partial charge in [-0.1, -0.05) is 19.8 Å². The smallest absolute Gasteiger partial charge is 0.0710 e. The number of nitrogens with zero attached hydrogens (tertiary/aromatic N) is 1. The first-order valence-electron chi connectivity index (χ1n) is 7.24. The summed E-state index contributed by atoms with van der Waals surface area (Å²) in [6.07, 6.45) is 9.47. The van der Waals surface area contributed by atoms with E-state index in [4.69, 9.17) is 16.3 Å². The molecule has 2 fully saturated rings. The lowest BCUT2D eigenvalue weighted by Gasteiger charge is -2.27. The SMILES string of the molecule is CCN(CCCCl)CC1CCC2(CCCC2)O1. The molecule has 0 bridgehead atoms. The standard InChI is InChI=1S/C14H26ClNO/c1-2-16(11-5-10-15)12-13-6-9-14(17-13)7-3-4-8-14/h13H,2-12H2,1H3. The summed E-state index contributed by atoms with van der Waals surface area (Å²) in [5.74, 6) is 0.770. The molecule has 0 aromatic rings. The van der Waals surface area contributed by atoms with Gasteiger partial charge in [0.1, 0.15) is 0 Å². The molecule has 1 aliphatic heterocycles. The molecular weight excluding hydrogens is 234 g/mol. The Kier molecular flexibility index (Phi) is 5.13. The largest absolute Gasteiger partial charge is 0.370 e. The first kappa shape index (κ1) is 13.6. The first-order chi connectivity index (χ1) is 8.28. The van der Waals surface area contributed by atoms with Crippen molar-refractivity contribution in [3.05, 3.63) is 0 Å². The highest BCUT2D eigenvalue weighted by Gasteiger charge is 2.42. The predicted octanol–water partition coefficient (Wildman–Crippen LogP) is 3.43. The Morgan fingerprint density at radius 2 is 2.06 bits per heavy atom. The van der Waals surface area contributed by atoms with Crippen LogP contribution >= 0.6 is 11.6 Å². The van der Waals surface area contributed by atoms with Gasteiger partial charge in [0.25, 0.3) is 0 Å². The molecule has 0 amide bonds. The summed E-state index contributed by atoms with van der Waals surface area (Å²) in [7, 11) is 0. The molecule has 1 saturated heterocycles. The topological polar surface area (TPSA) is 12.5 Å². The van der Waals surface area contributed by atoms with Crippen LogP contribution in [0, 0.1) is 0 Å². The Balaban J connectivity index is 1.75. The van der Waals surface area contributed by atoms with Crippen LogP contribution in [0.15, 0.2) is 0 Å². The van der Waals surface area contributed by atoms with E-state index in [1.807, 2.05) is 0 Å². The van der Waals surface area contributed by atoms with Gasteiger partial charge in [-0.3, -0.25) is 0 Å². The van der Waals surface area contributed by atoms with Gasteiger partial charge in [-0.25, -0.2) is 0 Å². The number of hydrogen-bond acceptors (Lipinski definition) is 2. The van der Waals surface area contributed by atoms with E-state index in [2.05, 4.69) is 11.8 Å². The molecule has 3 heteroatoms. The maximum absolute atomic E-state index is 6.35. The molecule has 2 nitrogen and oxygen atoms in total. The maximum atomic E-state index is 6.35. The molecular formula is C14H26ClNO. The lowest BCUT2D eigenvalue weighted by Crippen LogP contribution is -2.35. The summed E-state index contributed by atoms with van der Waals surface area (Å²) >= 11 is 5.76. The molecule has 2 aliphatic rings. The normalized spacial score (nSPS) is 27.4. The second kappa shape index (κ2) is 6.40. The number of alkyl halides is 1. The maximum Gasteiger partial charge on any atom is 0.0710 e. The van der Waals surface area contributed by atoms with E-state index < -0.39 is 0 Å². The van der Waals surface area contributed by atoms with E-state index in [1.54, 1.807) is 0 Å². The fourth-order valence-electron chi connectivity index (χ4n) is 3.36. The third kappa shape index (κ3) is 3.59. The molecule has 0 aromatic carbocycles. The second-order valence-corrected chi connectivity index (χ2v) is 5.98. The van der Waals surface area contributed by atoms with Crippen LogP contribution in [0.25, 0.3) is 0 Å². The highest BCUT2D eigenvalue weighted by Crippen LogP contribution is 2.43. The van der Waals surface area contributed by atoms with Crippen LogP contribution in [0.3, 0.4) is 0 Å². The third-order valence-electron chi connectivity index (χ3n) is 4.37.